The van der Waals surface area contributed by atoms with E-state index in [1.807, 2.05) is 0 Å². The third-order valence-corrected chi connectivity index (χ3v) is 4.23. The molecule has 0 aliphatic carbocycles. The summed E-state index contributed by atoms with van der Waals surface area (Å²) < 4.78 is 0. The number of carbonyl (C=O) groups excluding carboxylic acids is 1. The zero-order chi connectivity index (χ0) is 14.5. The molecule has 19 heavy (non-hydrogen) atoms. The summed E-state index contributed by atoms with van der Waals surface area (Å²) in [6.07, 6.45) is 4.04. The Morgan fingerprint density at radius 2 is 1.95 bits per heavy atom. The Hall–Kier alpha value is -0.610. The molecule has 112 valence electrons. The van der Waals surface area contributed by atoms with Gasteiger partial charge >= 0.3 is 0 Å². The highest BCUT2D eigenvalue weighted by atomic mass is 16.1. The Morgan fingerprint density at radius 1 is 1.37 bits per heavy atom. The van der Waals surface area contributed by atoms with E-state index in [0.717, 1.165) is 18.9 Å². The van der Waals surface area contributed by atoms with Gasteiger partial charge in [0.2, 0.25) is 5.91 Å². The minimum Gasteiger partial charge on any atom is -0.356 e. The van der Waals surface area contributed by atoms with Crippen LogP contribution in [0.3, 0.4) is 0 Å². The quantitative estimate of drug-likeness (QED) is 0.797. The molecule has 3 N–H and O–H groups in total. The molecule has 0 aromatic carbocycles. The number of hydrogen-bond donors (Lipinski definition) is 2. The SMILES string of the molecule is CN1CCC(CCNC(=O)CC(N)C(C)(C)C)CC1. The average molecular weight is 269 g/mol. The molecule has 0 spiro atoms. The topological polar surface area (TPSA) is 58.4 Å². The van der Waals surface area contributed by atoms with E-state index in [-0.39, 0.29) is 17.4 Å². The summed E-state index contributed by atoms with van der Waals surface area (Å²) in [5, 5.41) is 3.01. The second kappa shape index (κ2) is 7.25. The van der Waals surface area contributed by atoms with Gasteiger partial charge in [0.25, 0.3) is 0 Å². The van der Waals surface area contributed by atoms with Crippen molar-refractivity contribution in [3.63, 3.8) is 0 Å². The Bertz CT molecular complexity index is 278. The van der Waals surface area contributed by atoms with Crippen molar-refractivity contribution in [2.45, 2.75) is 52.5 Å². The number of nitrogens with one attached hydrogen (secondary N) is 1. The highest BCUT2D eigenvalue weighted by Crippen LogP contribution is 2.20. The van der Waals surface area contributed by atoms with Gasteiger partial charge in [-0.05, 0) is 50.7 Å². The minimum atomic E-state index is -0.0733. The molecule has 1 aliphatic rings. The predicted molar refractivity (Wildman–Crippen MR) is 79.9 cm³/mol. The van der Waals surface area contributed by atoms with Crippen LogP contribution in [0.5, 0.6) is 0 Å². The zero-order valence-electron chi connectivity index (χ0n) is 13.0. The summed E-state index contributed by atoms with van der Waals surface area (Å²) >= 11 is 0. The third kappa shape index (κ3) is 6.39. The predicted octanol–water partition coefficient (Wildman–Crippen LogP) is 1.60. The molecule has 1 fully saturated rings. The van der Waals surface area contributed by atoms with E-state index in [0.29, 0.717) is 6.42 Å². The summed E-state index contributed by atoms with van der Waals surface area (Å²) in [6.45, 7) is 9.39. The molecule has 1 saturated heterocycles. The van der Waals surface area contributed by atoms with Crippen LogP contribution in [0.25, 0.3) is 0 Å². The molecule has 0 aromatic heterocycles. The summed E-state index contributed by atoms with van der Waals surface area (Å²) in [7, 11) is 2.17. The van der Waals surface area contributed by atoms with E-state index in [2.05, 4.69) is 38.0 Å². The fourth-order valence-corrected chi connectivity index (χ4v) is 2.34. The molecular weight excluding hydrogens is 238 g/mol. The standard InChI is InChI=1S/C15H31N3O/c1-15(2,3)13(16)11-14(19)17-8-5-12-6-9-18(4)10-7-12/h12-13H,5-11,16H2,1-4H3,(H,17,19). The Balaban J connectivity index is 2.14. The number of piperidine rings is 1. The lowest BCUT2D eigenvalue weighted by molar-refractivity contribution is -0.122. The first kappa shape index (κ1) is 16.4. The van der Waals surface area contributed by atoms with Crippen LogP contribution in [0.15, 0.2) is 0 Å². The molecular formula is C15H31N3O. The lowest BCUT2D eigenvalue weighted by Crippen LogP contribution is -2.40. The first-order chi connectivity index (χ1) is 8.79. The summed E-state index contributed by atoms with van der Waals surface area (Å²) in [5.41, 5.74) is 6.01. The Kier molecular flexibility index (Phi) is 6.27. The minimum absolute atomic E-state index is 0.00864. The van der Waals surface area contributed by atoms with Crippen LogP contribution in [-0.2, 0) is 4.79 Å². The van der Waals surface area contributed by atoms with Crippen LogP contribution in [0.2, 0.25) is 0 Å². The van der Waals surface area contributed by atoms with Crippen molar-refractivity contribution in [1.29, 1.82) is 0 Å². The first-order valence-electron chi connectivity index (χ1n) is 7.50. The maximum Gasteiger partial charge on any atom is 0.221 e. The lowest BCUT2D eigenvalue weighted by Gasteiger charge is -2.29. The van der Waals surface area contributed by atoms with Gasteiger partial charge in [-0.25, -0.2) is 0 Å². The highest BCUT2D eigenvalue weighted by Gasteiger charge is 2.23. The molecule has 1 rings (SSSR count). The van der Waals surface area contributed by atoms with Crippen molar-refractivity contribution in [2.24, 2.45) is 17.1 Å². The lowest BCUT2D eigenvalue weighted by atomic mass is 9.85. The van der Waals surface area contributed by atoms with Crippen molar-refractivity contribution in [1.82, 2.24) is 10.2 Å². The van der Waals surface area contributed by atoms with Gasteiger partial charge in [-0.3, -0.25) is 4.79 Å². The van der Waals surface area contributed by atoms with Crippen molar-refractivity contribution >= 4 is 5.91 Å². The van der Waals surface area contributed by atoms with Gasteiger partial charge in [0.15, 0.2) is 0 Å². The van der Waals surface area contributed by atoms with Crippen LogP contribution in [0.4, 0.5) is 0 Å². The summed E-state index contributed by atoms with van der Waals surface area (Å²) in [4.78, 5) is 14.2. The van der Waals surface area contributed by atoms with Gasteiger partial charge in [-0.15, -0.1) is 0 Å². The van der Waals surface area contributed by atoms with Gasteiger partial charge in [0.05, 0.1) is 0 Å². The van der Waals surface area contributed by atoms with Gasteiger partial charge < -0.3 is 16.0 Å². The van der Waals surface area contributed by atoms with Crippen LogP contribution >= 0.6 is 0 Å². The molecule has 1 unspecified atom stereocenters. The van der Waals surface area contributed by atoms with Crippen molar-refractivity contribution in [3.05, 3.63) is 0 Å². The molecule has 0 bridgehead atoms. The van der Waals surface area contributed by atoms with E-state index in [9.17, 15) is 4.79 Å². The van der Waals surface area contributed by atoms with E-state index >= 15 is 0 Å². The second-order valence-electron chi connectivity index (χ2n) is 7.06. The zero-order valence-corrected chi connectivity index (χ0v) is 13.0. The number of amides is 1. The first-order valence-corrected chi connectivity index (χ1v) is 7.50. The smallest absolute Gasteiger partial charge is 0.221 e. The number of hydrogen-bond acceptors (Lipinski definition) is 3. The monoisotopic (exact) mass is 269 g/mol. The molecule has 1 atom stereocenters. The van der Waals surface area contributed by atoms with Crippen LogP contribution < -0.4 is 11.1 Å². The largest absolute Gasteiger partial charge is 0.356 e. The van der Waals surface area contributed by atoms with Gasteiger partial charge in [0.1, 0.15) is 0 Å². The average Bonchev–Trinajstić information content (AvgIpc) is 2.30. The van der Waals surface area contributed by atoms with E-state index in [4.69, 9.17) is 5.73 Å². The molecule has 0 aromatic rings. The van der Waals surface area contributed by atoms with Crippen LogP contribution in [0.1, 0.15) is 46.5 Å². The fraction of sp³-hybridized carbons (Fsp3) is 0.933. The third-order valence-electron chi connectivity index (χ3n) is 4.23. The molecule has 1 amide bonds. The maximum atomic E-state index is 11.8. The molecule has 4 heteroatoms. The molecule has 0 radical (unpaired) electrons. The number of rotatable bonds is 5. The summed E-state index contributed by atoms with van der Waals surface area (Å²) in [5.74, 6) is 0.864. The summed E-state index contributed by atoms with van der Waals surface area (Å²) in [6, 6.07) is -0.0733. The van der Waals surface area contributed by atoms with Crippen molar-refractivity contribution in [3.8, 4) is 0 Å². The second-order valence-corrected chi connectivity index (χ2v) is 7.06. The van der Waals surface area contributed by atoms with E-state index in [1.165, 1.54) is 25.9 Å². The van der Waals surface area contributed by atoms with Gasteiger partial charge in [0, 0.05) is 19.0 Å². The van der Waals surface area contributed by atoms with Crippen molar-refractivity contribution < 1.29 is 4.79 Å². The normalized spacial score (nSPS) is 20.3. The number of likely N-dealkylation sites (tertiary alicyclic amines) is 1. The molecule has 0 saturated carbocycles. The number of nitrogens with zero attached hydrogens (tertiary/aromatic N) is 1. The highest BCUT2D eigenvalue weighted by molar-refractivity contribution is 5.76. The number of nitrogens with two attached hydrogens (primary N) is 1. The fourth-order valence-electron chi connectivity index (χ4n) is 2.34. The molecule has 1 heterocycles. The molecule has 1 aliphatic heterocycles. The maximum absolute atomic E-state index is 11.8. The van der Waals surface area contributed by atoms with Crippen LogP contribution in [0, 0.1) is 11.3 Å². The van der Waals surface area contributed by atoms with Gasteiger partial charge in [-0.1, -0.05) is 20.8 Å². The van der Waals surface area contributed by atoms with Crippen molar-refractivity contribution in [2.75, 3.05) is 26.7 Å². The van der Waals surface area contributed by atoms with E-state index in [1.54, 1.807) is 0 Å². The van der Waals surface area contributed by atoms with Gasteiger partial charge in [-0.2, -0.15) is 0 Å². The number of carbonyl (C=O) groups is 1. The van der Waals surface area contributed by atoms with E-state index < -0.39 is 0 Å². The van der Waals surface area contributed by atoms with Crippen LogP contribution in [-0.4, -0.2) is 43.5 Å². The molecule has 4 nitrogen and oxygen atoms in total. The Morgan fingerprint density at radius 3 is 2.47 bits per heavy atom. The Labute approximate surface area is 118 Å².